The van der Waals surface area contributed by atoms with Gasteiger partial charge in [-0.05, 0) is 29.8 Å². The van der Waals surface area contributed by atoms with Gasteiger partial charge in [0.25, 0.3) is 5.91 Å². The van der Waals surface area contributed by atoms with Gasteiger partial charge in [-0.25, -0.2) is 5.43 Å². The van der Waals surface area contributed by atoms with Crippen LogP contribution in [0.1, 0.15) is 21.5 Å². The minimum Gasteiger partial charge on any atom is -0.493 e. The predicted octanol–water partition coefficient (Wildman–Crippen LogP) is 3.43. The lowest BCUT2D eigenvalue weighted by atomic mass is 10.2. The molecule has 0 radical (unpaired) electrons. The van der Waals surface area contributed by atoms with E-state index < -0.39 is 0 Å². The first-order valence-corrected chi connectivity index (χ1v) is 8.35. The molecule has 6 heteroatoms. The van der Waals surface area contributed by atoms with E-state index in [1.165, 1.54) is 6.21 Å². The zero-order valence-electron chi connectivity index (χ0n) is 14.8. The molecule has 3 aromatic rings. The second-order valence-electron chi connectivity index (χ2n) is 5.59. The molecule has 6 nitrogen and oxygen atoms in total. The molecule has 0 atom stereocenters. The Hall–Kier alpha value is -3.67. The van der Waals surface area contributed by atoms with E-state index in [2.05, 4.69) is 15.5 Å². The quantitative estimate of drug-likeness (QED) is 0.517. The van der Waals surface area contributed by atoms with Crippen molar-refractivity contribution in [3.05, 3.63) is 89.7 Å². The van der Waals surface area contributed by atoms with E-state index >= 15 is 0 Å². The summed E-state index contributed by atoms with van der Waals surface area (Å²) in [5.74, 6) is 0.837. The third-order valence-corrected chi connectivity index (χ3v) is 3.77. The van der Waals surface area contributed by atoms with Gasteiger partial charge in [0.15, 0.2) is 11.5 Å². The summed E-state index contributed by atoms with van der Waals surface area (Å²) >= 11 is 0. The summed E-state index contributed by atoms with van der Waals surface area (Å²) in [5.41, 5.74) is 4.71. The molecule has 1 amide bonds. The smallest absolute Gasteiger partial charge is 0.271 e. The van der Waals surface area contributed by atoms with Gasteiger partial charge in [0.2, 0.25) is 0 Å². The molecule has 0 spiro atoms. The lowest BCUT2D eigenvalue weighted by molar-refractivity contribution is 0.0955. The van der Waals surface area contributed by atoms with Gasteiger partial charge < -0.3 is 9.47 Å². The number of aromatic nitrogens is 1. The van der Waals surface area contributed by atoms with Crippen LogP contribution in [0.15, 0.2) is 78.2 Å². The Kier molecular flexibility index (Phi) is 6.14. The van der Waals surface area contributed by atoms with Gasteiger partial charge in [0, 0.05) is 23.5 Å². The van der Waals surface area contributed by atoms with E-state index in [1.807, 2.05) is 48.5 Å². The molecule has 0 saturated carbocycles. The Morgan fingerprint density at radius 2 is 1.85 bits per heavy atom. The summed E-state index contributed by atoms with van der Waals surface area (Å²) < 4.78 is 11.3. The fraction of sp³-hybridized carbons (Fsp3) is 0.0952. The van der Waals surface area contributed by atoms with Crippen molar-refractivity contribution in [3.8, 4) is 11.5 Å². The first kappa shape index (κ1) is 18.1. The summed E-state index contributed by atoms with van der Waals surface area (Å²) in [6.45, 7) is 0.394. The normalized spacial score (nSPS) is 10.6. The first-order chi connectivity index (χ1) is 13.3. The Morgan fingerprint density at radius 1 is 1.07 bits per heavy atom. The zero-order chi connectivity index (χ0) is 18.9. The summed E-state index contributed by atoms with van der Waals surface area (Å²) in [6.07, 6.45) is 4.63. The number of ether oxygens (including phenoxy) is 2. The molecule has 0 bridgehead atoms. The van der Waals surface area contributed by atoms with Gasteiger partial charge in [-0.15, -0.1) is 0 Å². The van der Waals surface area contributed by atoms with Crippen molar-refractivity contribution >= 4 is 12.1 Å². The second kappa shape index (κ2) is 9.15. The number of hydrogen-bond donors (Lipinski definition) is 1. The van der Waals surface area contributed by atoms with Crippen LogP contribution in [0.4, 0.5) is 0 Å². The molecule has 1 aromatic heterocycles. The molecule has 2 aromatic carbocycles. The lowest BCUT2D eigenvalue weighted by Gasteiger charge is -2.13. The lowest BCUT2D eigenvalue weighted by Crippen LogP contribution is -2.17. The molecule has 0 fully saturated rings. The Bertz CT molecular complexity index is 912. The Balaban J connectivity index is 1.73. The van der Waals surface area contributed by atoms with Crippen LogP contribution in [0.2, 0.25) is 0 Å². The molecular formula is C21H19N3O3. The molecule has 1 N–H and O–H groups in total. The number of methoxy groups -OCH3 is 1. The third-order valence-electron chi connectivity index (χ3n) is 3.77. The van der Waals surface area contributed by atoms with Crippen LogP contribution < -0.4 is 14.9 Å². The number of amides is 1. The number of para-hydroxylation sites is 1. The molecule has 0 aliphatic heterocycles. The molecule has 0 aliphatic carbocycles. The standard InChI is InChI=1S/C21H19N3O3/c1-26-19-9-5-8-18(20(19)27-15-16-6-3-2-4-7-16)14-23-24-21(25)17-10-12-22-13-11-17/h2-14H,15H2,1H3,(H,24,25)/b23-14-. The van der Waals surface area contributed by atoms with Crippen LogP contribution in [0.5, 0.6) is 11.5 Å². The van der Waals surface area contributed by atoms with E-state index in [1.54, 1.807) is 31.6 Å². The van der Waals surface area contributed by atoms with Crippen LogP contribution in [0, 0.1) is 0 Å². The molecular weight excluding hydrogens is 342 g/mol. The van der Waals surface area contributed by atoms with Gasteiger partial charge in [-0.1, -0.05) is 36.4 Å². The van der Waals surface area contributed by atoms with Gasteiger partial charge in [-0.2, -0.15) is 5.10 Å². The van der Waals surface area contributed by atoms with Crippen molar-refractivity contribution in [1.29, 1.82) is 0 Å². The molecule has 0 saturated heterocycles. The number of hydrogen-bond acceptors (Lipinski definition) is 5. The summed E-state index contributed by atoms with van der Waals surface area (Å²) in [4.78, 5) is 15.9. The number of benzene rings is 2. The highest BCUT2D eigenvalue weighted by Gasteiger charge is 2.10. The van der Waals surface area contributed by atoms with Crippen LogP contribution in [-0.2, 0) is 6.61 Å². The zero-order valence-corrected chi connectivity index (χ0v) is 14.8. The number of carbonyl (C=O) groups is 1. The number of pyridine rings is 1. The third kappa shape index (κ3) is 4.92. The van der Waals surface area contributed by atoms with Crippen LogP contribution in [0.25, 0.3) is 0 Å². The fourth-order valence-corrected chi connectivity index (χ4v) is 2.41. The Labute approximate surface area is 157 Å². The SMILES string of the molecule is COc1cccc(/C=N\NC(=O)c2ccncc2)c1OCc1ccccc1. The van der Waals surface area contributed by atoms with Gasteiger partial charge in [-0.3, -0.25) is 9.78 Å². The van der Waals surface area contributed by atoms with E-state index in [9.17, 15) is 4.79 Å². The minimum atomic E-state index is -0.316. The van der Waals surface area contributed by atoms with Crippen molar-refractivity contribution < 1.29 is 14.3 Å². The van der Waals surface area contributed by atoms with Gasteiger partial charge in [0.1, 0.15) is 6.61 Å². The topological polar surface area (TPSA) is 72.8 Å². The van der Waals surface area contributed by atoms with Crippen molar-refractivity contribution in [2.45, 2.75) is 6.61 Å². The molecule has 0 unspecified atom stereocenters. The van der Waals surface area contributed by atoms with Crippen LogP contribution in [0.3, 0.4) is 0 Å². The summed E-state index contributed by atoms with van der Waals surface area (Å²) in [5, 5.41) is 4.03. The monoisotopic (exact) mass is 361 g/mol. The molecule has 136 valence electrons. The average molecular weight is 361 g/mol. The maximum Gasteiger partial charge on any atom is 0.271 e. The first-order valence-electron chi connectivity index (χ1n) is 8.35. The molecule has 3 rings (SSSR count). The van der Waals surface area contributed by atoms with E-state index in [4.69, 9.17) is 9.47 Å². The van der Waals surface area contributed by atoms with Gasteiger partial charge in [0.05, 0.1) is 13.3 Å². The highest BCUT2D eigenvalue weighted by molar-refractivity contribution is 5.95. The number of nitrogens with zero attached hydrogens (tertiary/aromatic N) is 2. The van der Waals surface area contributed by atoms with Crippen LogP contribution >= 0.6 is 0 Å². The maximum absolute atomic E-state index is 12.0. The molecule has 27 heavy (non-hydrogen) atoms. The fourth-order valence-electron chi connectivity index (χ4n) is 2.41. The molecule has 1 heterocycles. The number of hydrazone groups is 1. The van der Waals surface area contributed by atoms with Gasteiger partial charge >= 0.3 is 0 Å². The maximum atomic E-state index is 12.0. The molecule has 0 aliphatic rings. The number of nitrogens with one attached hydrogen (secondary N) is 1. The predicted molar refractivity (Wildman–Crippen MR) is 103 cm³/mol. The van der Waals surface area contributed by atoms with Crippen molar-refractivity contribution in [3.63, 3.8) is 0 Å². The second-order valence-corrected chi connectivity index (χ2v) is 5.59. The summed E-state index contributed by atoms with van der Waals surface area (Å²) in [7, 11) is 1.58. The highest BCUT2D eigenvalue weighted by Crippen LogP contribution is 2.30. The van der Waals surface area contributed by atoms with E-state index in [0.717, 1.165) is 5.56 Å². The summed E-state index contributed by atoms with van der Waals surface area (Å²) in [6, 6.07) is 18.6. The Morgan fingerprint density at radius 3 is 2.59 bits per heavy atom. The number of carbonyl (C=O) groups excluding carboxylic acids is 1. The van der Waals surface area contributed by atoms with E-state index in [-0.39, 0.29) is 5.91 Å². The highest BCUT2D eigenvalue weighted by atomic mass is 16.5. The van der Waals surface area contributed by atoms with E-state index in [0.29, 0.717) is 29.2 Å². The minimum absolute atomic E-state index is 0.316. The van der Waals surface area contributed by atoms with Crippen molar-refractivity contribution in [1.82, 2.24) is 10.4 Å². The van der Waals surface area contributed by atoms with Crippen molar-refractivity contribution in [2.24, 2.45) is 5.10 Å². The van der Waals surface area contributed by atoms with Crippen molar-refractivity contribution in [2.75, 3.05) is 7.11 Å². The largest absolute Gasteiger partial charge is 0.493 e. The number of rotatable bonds is 7. The average Bonchev–Trinajstić information content (AvgIpc) is 2.73. The van der Waals surface area contributed by atoms with Crippen LogP contribution in [-0.4, -0.2) is 24.2 Å².